The van der Waals surface area contributed by atoms with Gasteiger partial charge in [0, 0.05) is 23.7 Å². The summed E-state index contributed by atoms with van der Waals surface area (Å²) in [7, 11) is -3.73. The lowest BCUT2D eigenvalue weighted by Gasteiger charge is -2.28. The van der Waals surface area contributed by atoms with E-state index in [1.807, 2.05) is 0 Å². The highest BCUT2D eigenvalue weighted by Crippen LogP contribution is 2.31. The van der Waals surface area contributed by atoms with Crippen LogP contribution in [-0.4, -0.2) is 25.4 Å². The van der Waals surface area contributed by atoms with Crippen LogP contribution in [0.2, 0.25) is 0 Å². The predicted octanol–water partition coefficient (Wildman–Crippen LogP) is 1.87. The zero-order valence-corrected chi connectivity index (χ0v) is 13.9. The van der Waals surface area contributed by atoms with Gasteiger partial charge >= 0.3 is 0 Å². The van der Waals surface area contributed by atoms with E-state index in [-0.39, 0.29) is 29.5 Å². The minimum atomic E-state index is -3.73. The Morgan fingerprint density at radius 1 is 1.36 bits per heavy atom. The Morgan fingerprint density at radius 3 is 2.41 bits per heavy atom. The number of nitro groups is 1. The Morgan fingerprint density at radius 2 is 1.95 bits per heavy atom. The van der Waals surface area contributed by atoms with Crippen molar-refractivity contribution in [1.29, 1.82) is 0 Å². The number of sulfonamides is 1. The molecule has 0 radical (unpaired) electrons. The number of nitrogens with two attached hydrogens (primary N) is 1. The number of aryl methyl sites for hydroxylation is 1. The van der Waals surface area contributed by atoms with Crippen molar-refractivity contribution < 1.29 is 13.3 Å². The molecule has 124 valence electrons. The van der Waals surface area contributed by atoms with Crippen LogP contribution in [0.3, 0.4) is 0 Å². The van der Waals surface area contributed by atoms with E-state index in [0.717, 1.165) is 12.8 Å². The lowest BCUT2D eigenvalue weighted by molar-refractivity contribution is -0.385. The fourth-order valence-corrected chi connectivity index (χ4v) is 4.30. The molecule has 3 N–H and O–H groups in total. The molecule has 22 heavy (non-hydrogen) atoms. The van der Waals surface area contributed by atoms with Gasteiger partial charge in [-0.1, -0.05) is 12.8 Å². The third-order valence-corrected chi connectivity index (χ3v) is 5.55. The van der Waals surface area contributed by atoms with E-state index < -0.39 is 20.5 Å². The molecule has 0 unspecified atom stereocenters. The van der Waals surface area contributed by atoms with E-state index in [1.165, 1.54) is 25.1 Å². The van der Waals surface area contributed by atoms with Crippen LogP contribution in [0.25, 0.3) is 0 Å². The fourth-order valence-electron chi connectivity index (χ4n) is 2.74. The molecule has 9 heteroatoms. The topological polar surface area (TPSA) is 115 Å². The van der Waals surface area contributed by atoms with E-state index in [1.54, 1.807) is 0 Å². The summed E-state index contributed by atoms with van der Waals surface area (Å²) in [6.45, 7) is 1.77. The molecule has 1 aromatic rings. The largest absolute Gasteiger partial charge is 0.329 e. The van der Waals surface area contributed by atoms with Gasteiger partial charge in [-0.05, 0) is 31.9 Å². The molecule has 1 fully saturated rings. The normalized spacial score (nSPS) is 17.0. The molecule has 0 aliphatic heterocycles. The second kappa shape index (κ2) is 6.91. The van der Waals surface area contributed by atoms with Gasteiger partial charge in [0.15, 0.2) is 0 Å². The van der Waals surface area contributed by atoms with E-state index in [0.29, 0.717) is 18.4 Å². The molecular weight excluding hydrogens is 330 g/mol. The highest BCUT2D eigenvalue weighted by Gasteiger charge is 2.37. The Hall–Kier alpha value is -1.22. The Kier molecular flexibility index (Phi) is 5.91. The quantitative estimate of drug-likeness (QED) is 0.622. The maximum absolute atomic E-state index is 12.4. The van der Waals surface area contributed by atoms with Gasteiger partial charge < -0.3 is 5.73 Å². The summed E-state index contributed by atoms with van der Waals surface area (Å²) < 4.78 is 27.6. The number of halogens is 1. The summed E-state index contributed by atoms with van der Waals surface area (Å²) in [5.74, 6) is 0. The standard InChI is InChI=1S/C13H19N3O4S.ClH/c1-10-8-11(4-5-12(10)16(17)18)21(19,20)15-13(9-14)6-2-3-7-13;/h4-5,8,15H,2-3,6-7,9,14H2,1H3;1H. The van der Waals surface area contributed by atoms with Crippen LogP contribution in [0.5, 0.6) is 0 Å². The first kappa shape index (κ1) is 18.8. The van der Waals surface area contributed by atoms with Crippen LogP contribution in [0.4, 0.5) is 5.69 Å². The van der Waals surface area contributed by atoms with Crippen LogP contribution in [0, 0.1) is 17.0 Å². The van der Waals surface area contributed by atoms with Crippen molar-refractivity contribution in [3.8, 4) is 0 Å². The number of hydrogen-bond acceptors (Lipinski definition) is 5. The first-order chi connectivity index (χ1) is 9.80. The molecule has 0 aromatic heterocycles. The molecule has 0 atom stereocenters. The molecular formula is C13H20ClN3O4S. The molecule has 0 bridgehead atoms. The maximum Gasteiger partial charge on any atom is 0.272 e. The van der Waals surface area contributed by atoms with Crippen LogP contribution in [0.15, 0.2) is 23.1 Å². The third-order valence-electron chi connectivity index (χ3n) is 3.98. The van der Waals surface area contributed by atoms with Crippen LogP contribution < -0.4 is 10.5 Å². The summed E-state index contributed by atoms with van der Waals surface area (Å²) >= 11 is 0. The van der Waals surface area contributed by atoms with Gasteiger partial charge in [0.2, 0.25) is 10.0 Å². The lowest BCUT2D eigenvalue weighted by Crippen LogP contribution is -2.51. The first-order valence-corrected chi connectivity index (χ1v) is 8.27. The summed E-state index contributed by atoms with van der Waals surface area (Å²) in [5.41, 5.74) is 5.36. The fraction of sp³-hybridized carbons (Fsp3) is 0.538. The van der Waals surface area contributed by atoms with Crippen LogP contribution in [-0.2, 0) is 10.0 Å². The molecule has 1 aliphatic rings. The van der Waals surface area contributed by atoms with Crippen LogP contribution >= 0.6 is 12.4 Å². The maximum atomic E-state index is 12.4. The third kappa shape index (κ3) is 3.75. The van der Waals surface area contributed by atoms with Gasteiger partial charge in [-0.3, -0.25) is 10.1 Å². The molecule has 1 aromatic carbocycles. The van der Waals surface area contributed by atoms with Crippen molar-refractivity contribution in [2.45, 2.75) is 43.0 Å². The molecule has 1 aliphatic carbocycles. The van der Waals surface area contributed by atoms with Gasteiger partial charge in [-0.25, -0.2) is 13.1 Å². The molecule has 0 saturated heterocycles. The van der Waals surface area contributed by atoms with Gasteiger partial charge in [0.25, 0.3) is 5.69 Å². The van der Waals surface area contributed by atoms with Crippen molar-refractivity contribution in [2.24, 2.45) is 5.73 Å². The molecule has 1 saturated carbocycles. The van der Waals surface area contributed by atoms with Crippen molar-refractivity contribution in [3.63, 3.8) is 0 Å². The minimum Gasteiger partial charge on any atom is -0.329 e. The Labute approximate surface area is 135 Å². The average molecular weight is 350 g/mol. The molecule has 0 heterocycles. The summed E-state index contributed by atoms with van der Waals surface area (Å²) in [6, 6.07) is 3.79. The van der Waals surface area contributed by atoms with E-state index >= 15 is 0 Å². The number of hydrogen-bond donors (Lipinski definition) is 2. The summed E-state index contributed by atoms with van der Waals surface area (Å²) in [4.78, 5) is 10.3. The van der Waals surface area contributed by atoms with Gasteiger partial charge in [-0.2, -0.15) is 0 Å². The van der Waals surface area contributed by atoms with Gasteiger partial charge in [0.05, 0.1) is 9.82 Å². The first-order valence-electron chi connectivity index (χ1n) is 6.79. The predicted molar refractivity (Wildman–Crippen MR) is 85.7 cm³/mol. The number of benzene rings is 1. The summed E-state index contributed by atoms with van der Waals surface area (Å²) in [6.07, 6.45) is 3.32. The number of nitro benzene ring substituents is 1. The number of rotatable bonds is 5. The highest BCUT2D eigenvalue weighted by atomic mass is 35.5. The van der Waals surface area contributed by atoms with E-state index in [9.17, 15) is 18.5 Å². The molecule has 0 amide bonds. The lowest BCUT2D eigenvalue weighted by atomic mass is 10.0. The molecule has 0 spiro atoms. The van der Waals surface area contributed by atoms with Crippen molar-refractivity contribution in [2.75, 3.05) is 6.54 Å². The number of nitrogens with zero attached hydrogens (tertiary/aromatic N) is 1. The van der Waals surface area contributed by atoms with Gasteiger partial charge in [-0.15, -0.1) is 12.4 Å². The smallest absolute Gasteiger partial charge is 0.272 e. The minimum absolute atomic E-state index is 0. The number of nitrogens with one attached hydrogen (secondary N) is 1. The monoisotopic (exact) mass is 349 g/mol. The zero-order chi connectivity index (χ0) is 15.7. The van der Waals surface area contributed by atoms with Crippen molar-refractivity contribution in [1.82, 2.24) is 4.72 Å². The second-order valence-corrected chi connectivity index (χ2v) is 7.18. The Bertz CT molecular complexity index is 657. The van der Waals surface area contributed by atoms with Crippen LogP contribution in [0.1, 0.15) is 31.2 Å². The van der Waals surface area contributed by atoms with Crippen molar-refractivity contribution >= 4 is 28.1 Å². The molecule has 2 rings (SSSR count). The van der Waals surface area contributed by atoms with Gasteiger partial charge in [0.1, 0.15) is 0 Å². The van der Waals surface area contributed by atoms with Crippen molar-refractivity contribution in [3.05, 3.63) is 33.9 Å². The molecule has 7 nitrogen and oxygen atoms in total. The highest BCUT2D eigenvalue weighted by molar-refractivity contribution is 7.89. The SMILES string of the molecule is Cc1cc(S(=O)(=O)NC2(CN)CCCC2)ccc1[N+](=O)[O-].Cl. The van der Waals surface area contributed by atoms with E-state index in [2.05, 4.69) is 4.72 Å². The summed E-state index contributed by atoms with van der Waals surface area (Å²) in [5, 5.41) is 10.8. The Balaban J connectivity index is 0.00000242. The zero-order valence-electron chi connectivity index (χ0n) is 12.2. The second-order valence-electron chi connectivity index (χ2n) is 5.50. The van der Waals surface area contributed by atoms with E-state index in [4.69, 9.17) is 5.73 Å². The average Bonchev–Trinajstić information content (AvgIpc) is 2.86.